The molecule has 1 aliphatic rings. The molecule has 1 saturated carbocycles. The van der Waals surface area contributed by atoms with Gasteiger partial charge in [0.2, 0.25) is 0 Å². The quantitative estimate of drug-likeness (QED) is 0.907. The van der Waals surface area contributed by atoms with E-state index in [0.717, 1.165) is 29.7 Å². The second-order valence-electron chi connectivity index (χ2n) is 6.25. The third kappa shape index (κ3) is 3.04. The second kappa shape index (κ2) is 5.85. The molecular weight excluding hydrogens is 236 g/mol. The van der Waals surface area contributed by atoms with Crippen molar-refractivity contribution in [3.05, 3.63) is 5.69 Å². The molecule has 0 spiro atoms. The maximum Gasteiger partial charge on any atom is 0.150 e. The molecule has 1 aromatic rings. The Morgan fingerprint density at radius 3 is 2.53 bits per heavy atom. The van der Waals surface area contributed by atoms with Gasteiger partial charge in [-0.2, -0.15) is 5.10 Å². The Morgan fingerprint density at radius 1 is 1.32 bits per heavy atom. The largest absolute Gasteiger partial charge is 0.394 e. The van der Waals surface area contributed by atoms with Crippen molar-refractivity contribution in [2.45, 2.75) is 58.9 Å². The first-order valence-electron chi connectivity index (χ1n) is 7.56. The fourth-order valence-corrected chi connectivity index (χ4v) is 3.13. The third-order valence-corrected chi connectivity index (χ3v) is 4.21. The summed E-state index contributed by atoms with van der Waals surface area (Å²) in [5.41, 5.74) is 8.01. The topological polar surface area (TPSA) is 47.1 Å². The van der Waals surface area contributed by atoms with Crippen LogP contribution in [0.1, 0.15) is 57.7 Å². The van der Waals surface area contributed by atoms with E-state index in [1.807, 2.05) is 6.92 Å². The summed E-state index contributed by atoms with van der Waals surface area (Å²) in [5.74, 6) is 1.91. The van der Waals surface area contributed by atoms with Gasteiger partial charge in [0.1, 0.15) is 0 Å². The fourth-order valence-electron chi connectivity index (χ4n) is 3.13. The zero-order valence-electron chi connectivity index (χ0n) is 12.8. The maximum atomic E-state index is 6.22. The monoisotopic (exact) mass is 264 g/mol. The number of hydrogen-bond donors (Lipinski definition) is 1. The molecule has 0 radical (unpaired) electrons. The van der Waals surface area contributed by atoms with Gasteiger partial charge in [0.05, 0.1) is 11.4 Å². The van der Waals surface area contributed by atoms with E-state index in [-0.39, 0.29) is 0 Å². The highest BCUT2D eigenvalue weighted by Gasteiger charge is 2.21. The first-order chi connectivity index (χ1) is 9.00. The van der Waals surface area contributed by atoms with Gasteiger partial charge in [-0.05, 0) is 39.5 Å². The van der Waals surface area contributed by atoms with Crippen molar-refractivity contribution in [2.75, 3.05) is 24.2 Å². The smallest absolute Gasteiger partial charge is 0.150 e. The molecule has 108 valence electrons. The number of anilines is 2. The number of rotatable bonds is 4. The van der Waals surface area contributed by atoms with Crippen LogP contribution < -0.4 is 10.6 Å². The van der Waals surface area contributed by atoms with Crippen LogP contribution in [0.3, 0.4) is 0 Å². The van der Waals surface area contributed by atoms with E-state index in [2.05, 4.69) is 35.6 Å². The molecule has 0 amide bonds. The highest BCUT2D eigenvalue weighted by atomic mass is 15.4. The summed E-state index contributed by atoms with van der Waals surface area (Å²) in [6.45, 7) is 7.40. The van der Waals surface area contributed by atoms with Crippen LogP contribution in [-0.2, 0) is 0 Å². The van der Waals surface area contributed by atoms with E-state index in [9.17, 15) is 0 Å². The SMILES string of the molecule is Cc1nn(C(C)C)c(N(C)CC2CCCCC2)c1N. The number of aryl methyl sites for hydroxylation is 1. The van der Waals surface area contributed by atoms with Crippen molar-refractivity contribution < 1.29 is 0 Å². The molecule has 1 fully saturated rings. The highest BCUT2D eigenvalue weighted by Crippen LogP contribution is 2.31. The van der Waals surface area contributed by atoms with E-state index in [0.29, 0.717) is 6.04 Å². The molecular formula is C15H28N4. The molecule has 2 rings (SSSR count). The Hall–Kier alpha value is -1.19. The number of nitrogen functional groups attached to an aromatic ring is 1. The molecule has 0 aromatic carbocycles. The van der Waals surface area contributed by atoms with Crippen LogP contribution in [0, 0.1) is 12.8 Å². The van der Waals surface area contributed by atoms with Gasteiger partial charge in [-0.1, -0.05) is 19.3 Å². The molecule has 0 atom stereocenters. The number of hydrogen-bond acceptors (Lipinski definition) is 3. The summed E-state index contributed by atoms with van der Waals surface area (Å²) in [6, 6.07) is 0.347. The third-order valence-electron chi connectivity index (χ3n) is 4.21. The summed E-state index contributed by atoms with van der Waals surface area (Å²) >= 11 is 0. The van der Waals surface area contributed by atoms with Crippen molar-refractivity contribution in [1.82, 2.24) is 9.78 Å². The lowest BCUT2D eigenvalue weighted by molar-refractivity contribution is 0.360. The Kier molecular flexibility index (Phi) is 4.38. The first kappa shape index (κ1) is 14.2. The lowest BCUT2D eigenvalue weighted by Gasteiger charge is -2.29. The van der Waals surface area contributed by atoms with Crippen LogP contribution in [0.25, 0.3) is 0 Å². The predicted octanol–water partition coefficient (Wildman–Crippen LogP) is 3.37. The Morgan fingerprint density at radius 2 is 1.95 bits per heavy atom. The van der Waals surface area contributed by atoms with Gasteiger partial charge < -0.3 is 10.6 Å². The van der Waals surface area contributed by atoms with Crippen LogP contribution in [0.5, 0.6) is 0 Å². The minimum absolute atomic E-state index is 0.347. The van der Waals surface area contributed by atoms with Crippen molar-refractivity contribution in [2.24, 2.45) is 5.92 Å². The first-order valence-corrected chi connectivity index (χ1v) is 7.56. The highest BCUT2D eigenvalue weighted by molar-refractivity contribution is 5.66. The molecule has 2 N–H and O–H groups in total. The number of aromatic nitrogens is 2. The Labute approximate surface area is 117 Å². The van der Waals surface area contributed by atoms with Crippen molar-refractivity contribution in [1.29, 1.82) is 0 Å². The lowest BCUT2D eigenvalue weighted by Crippen LogP contribution is -2.29. The molecule has 1 aliphatic carbocycles. The van der Waals surface area contributed by atoms with Crippen molar-refractivity contribution >= 4 is 11.5 Å². The molecule has 4 heteroatoms. The van der Waals surface area contributed by atoms with Gasteiger partial charge in [-0.15, -0.1) is 0 Å². The van der Waals surface area contributed by atoms with E-state index >= 15 is 0 Å². The van der Waals surface area contributed by atoms with Crippen LogP contribution in [0.4, 0.5) is 11.5 Å². The molecule has 0 bridgehead atoms. The molecule has 1 aromatic heterocycles. The number of nitrogens with two attached hydrogens (primary N) is 1. The van der Waals surface area contributed by atoms with Gasteiger partial charge in [0.15, 0.2) is 5.82 Å². The van der Waals surface area contributed by atoms with Gasteiger partial charge in [0.25, 0.3) is 0 Å². The standard InChI is InChI=1S/C15H28N4/c1-11(2)19-15(14(16)12(3)17-19)18(4)10-13-8-6-5-7-9-13/h11,13H,5-10,16H2,1-4H3. The van der Waals surface area contributed by atoms with E-state index in [1.165, 1.54) is 32.1 Å². The van der Waals surface area contributed by atoms with E-state index in [4.69, 9.17) is 5.73 Å². The van der Waals surface area contributed by atoms with Crippen LogP contribution in [-0.4, -0.2) is 23.4 Å². The minimum Gasteiger partial charge on any atom is -0.394 e. The van der Waals surface area contributed by atoms with Gasteiger partial charge in [0, 0.05) is 19.6 Å². The normalized spacial score (nSPS) is 17.1. The zero-order chi connectivity index (χ0) is 14.0. The Balaban J connectivity index is 2.15. The van der Waals surface area contributed by atoms with Crippen LogP contribution >= 0.6 is 0 Å². The number of nitrogens with zero attached hydrogens (tertiary/aromatic N) is 3. The molecule has 0 aliphatic heterocycles. The molecule has 0 saturated heterocycles. The van der Waals surface area contributed by atoms with Gasteiger partial charge in [-0.3, -0.25) is 0 Å². The maximum absolute atomic E-state index is 6.22. The summed E-state index contributed by atoms with van der Waals surface area (Å²) in [7, 11) is 2.15. The van der Waals surface area contributed by atoms with Gasteiger partial charge in [-0.25, -0.2) is 4.68 Å². The molecule has 1 heterocycles. The van der Waals surface area contributed by atoms with Crippen LogP contribution in [0.15, 0.2) is 0 Å². The van der Waals surface area contributed by atoms with E-state index < -0.39 is 0 Å². The van der Waals surface area contributed by atoms with Crippen molar-refractivity contribution in [3.8, 4) is 0 Å². The van der Waals surface area contributed by atoms with Crippen molar-refractivity contribution in [3.63, 3.8) is 0 Å². The fraction of sp³-hybridized carbons (Fsp3) is 0.800. The predicted molar refractivity (Wildman–Crippen MR) is 81.6 cm³/mol. The molecule has 19 heavy (non-hydrogen) atoms. The summed E-state index contributed by atoms with van der Waals surface area (Å²) in [4.78, 5) is 2.31. The molecule has 4 nitrogen and oxygen atoms in total. The Bertz CT molecular complexity index is 416. The molecule has 0 unspecified atom stereocenters. The summed E-state index contributed by atoms with van der Waals surface area (Å²) in [6.07, 6.45) is 6.90. The summed E-state index contributed by atoms with van der Waals surface area (Å²) in [5, 5.41) is 4.57. The van der Waals surface area contributed by atoms with Crippen LogP contribution in [0.2, 0.25) is 0 Å². The lowest BCUT2D eigenvalue weighted by atomic mass is 9.89. The van der Waals surface area contributed by atoms with E-state index in [1.54, 1.807) is 0 Å². The minimum atomic E-state index is 0.347. The summed E-state index contributed by atoms with van der Waals surface area (Å²) < 4.78 is 2.06. The average molecular weight is 264 g/mol. The second-order valence-corrected chi connectivity index (χ2v) is 6.25. The average Bonchev–Trinajstić information content (AvgIpc) is 2.67. The van der Waals surface area contributed by atoms with Gasteiger partial charge >= 0.3 is 0 Å². The zero-order valence-corrected chi connectivity index (χ0v) is 12.8.